The minimum atomic E-state index is -1.03. The highest BCUT2D eigenvalue weighted by atomic mass is 35.5. The number of hydrogen-bond acceptors (Lipinski definition) is 10. The molecule has 9 nitrogen and oxygen atoms in total. The van der Waals surface area contributed by atoms with Crippen molar-refractivity contribution < 1.29 is 33.3 Å². The predicted molar refractivity (Wildman–Crippen MR) is 116 cm³/mol. The zero-order valence-corrected chi connectivity index (χ0v) is 19.1. The topological polar surface area (TPSA) is 114 Å². The van der Waals surface area contributed by atoms with Crippen molar-refractivity contribution in [2.24, 2.45) is 0 Å². The van der Waals surface area contributed by atoms with Gasteiger partial charge in [-0.3, -0.25) is 24.4 Å². The van der Waals surface area contributed by atoms with E-state index in [4.69, 9.17) is 30.5 Å². The Morgan fingerprint density at radius 3 is 2.09 bits per heavy atom. The number of nitrogens with zero attached hydrogens (tertiary/aromatic N) is 2. The van der Waals surface area contributed by atoms with E-state index < -0.39 is 41.7 Å². The Morgan fingerprint density at radius 1 is 0.875 bits per heavy atom. The van der Waals surface area contributed by atoms with Gasteiger partial charge < -0.3 is 18.9 Å². The van der Waals surface area contributed by atoms with Crippen molar-refractivity contribution in [2.75, 3.05) is 5.75 Å². The third-order valence-electron chi connectivity index (χ3n) is 4.31. The van der Waals surface area contributed by atoms with Crippen LogP contribution in [0.1, 0.15) is 20.8 Å². The first-order chi connectivity index (χ1) is 15.2. The Hall–Kier alpha value is -2.85. The fourth-order valence-electron chi connectivity index (χ4n) is 3.15. The molecule has 0 aliphatic carbocycles. The number of aromatic nitrogens is 2. The Labute approximate surface area is 193 Å². The molecule has 3 heterocycles. The van der Waals surface area contributed by atoms with Crippen molar-refractivity contribution in [3.05, 3.63) is 41.9 Å². The van der Waals surface area contributed by atoms with Crippen molar-refractivity contribution in [3.63, 3.8) is 0 Å². The maximum absolute atomic E-state index is 11.8. The molecular weight excluding hydrogens is 460 g/mol. The molecule has 0 spiro atoms. The molecule has 0 radical (unpaired) electrons. The molecule has 1 fully saturated rings. The number of halogens is 1. The van der Waals surface area contributed by atoms with Gasteiger partial charge in [-0.2, -0.15) is 0 Å². The minimum absolute atomic E-state index is 0.269. The summed E-state index contributed by atoms with van der Waals surface area (Å²) >= 11 is 7.29. The lowest BCUT2D eigenvalue weighted by Gasteiger charge is -2.39. The number of esters is 3. The van der Waals surface area contributed by atoms with Gasteiger partial charge in [0.25, 0.3) is 0 Å². The lowest BCUT2D eigenvalue weighted by Crippen LogP contribution is -2.55. The normalized spacial score (nSPS) is 22.5. The molecule has 1 aliphatic rings. The SMILES string of the molecule is CC(=O)O[C@@H]1[C@@H](OC(C)=O)[C@H](OC(C)=O)CS[C@H]1Oc1cncc(-c2cncc(Cl)c2)c1. The van der Waals surface area contributed by atoms with E-state index in [0.29, 0.717) is 10.8 Å². The van der Waals surface area contributed by atoms with Crippen LogP contribution in [0, 0.1) is 0 Å². The molecule has 1 saturated heterocycles. The van der Waals surface area contributed by atoms with Crippen LogP contribution in [-0.4, -0.2) is 57.4 Å². The Morgan fingerprint density at radius 2 is 1.47 bits per heavy atom. The van der Waals surface area contributed by atoms with Crippen LogP contribution in [0.2, 0.25) is 5.02 Å². The number of carbonyl (C=O) groups is 3. The third-order valence-corrected chi connectivity index (χ3v) is 5.73. The quantitative estimate of drug-likeness (QED) is 0.451. The van der Waals surface area contributed by atoms with Crippen LogP contribution < -0.4 is 4.74 Å². The van der Waals surface area contributed by atoms with E-state index in [-0.39, 0.29) is 5.75 Å². The van der Waals surface area contributed by atoms with Gasteiger partial charge in [-0.25, -0.2) is 0 Å². The second-order valence-electron chi connectivity index (χ2n) is 6.92. The van der Waals surface area contributed by atoms with Crippen LogP contribution in [0.4, 0.5) is 0 Å². The number of hydrogen-bond donors (Lipinski definition) is 0. The van der Waals surface area contributed by atoms with Crippen molar-refractivity contribution in [1.29, 1.82) is 0 Å². The summed E-state index contributed by atoms with van der Waals surface area (Å²) in [5, 5.41) is 0.479. The molecule has 170 valence electrons. The average molecular weight is 481 g/mol. The molecule has 0 unspecified atom stereocenters. The predicted octanol–water partition coefficient (Wildman–Crippen LogP) is 3.04. The maximum atomic E-state index is 11.8. The maximum Gasteiger partial charge on any atom is 0.303 e. The van der Waals surface area contributed by atoms with Gasteiger partial charge in [-0.1, -0.05) is 11.6 Å². The second-order valence-corrected chi connectivity index (χ2v) is 8.48. The van der Waals surface area contributed by atoms with Gasteiger partial charge in [0, 0.05) is 56.2 Å². The van der Waals surface area contributed by atoms with E-state index in [0.717, 1.165) is 11.1 Å². The van der Waals surface area contributed by atoms with Crippen molar-refractivity contribution in [3.8, 4) is 16.9 Å². The first kappa shape index (κ1) is 23.8. The lowest BCUT2D eigenvalue weighted by molar-refractivity contribution is -0.186. The Kier molecular flexibility index (Phi) is 7.92. The molecule has 0 aromatic carbocycles. The number of carbonyl (C=O) groups excluding carboxylic acids is 3. The number of rotatable bonds is 6. The lowest BCUT2D eigenvalue weighted by atomic mass is 10.1. The van der Waals surface area contributed by atoms with E-state index in [1.807, 2.05) is 0 Å². The largest absolute Gasteiger partial charge is 0.474 e. The molecule has 4 atom stereocenters. The molecule has 0 amide bonds. The molecular formula is C21H21ClN2O7S. The van der Waals surface area contributed by atoms with Crippen LogP contribution in [0.3, 0.4) is 0 Å². The molecule has 0 N–H and O–H groups in total. The molecule has 1 aliphatic heterocycles. The molecule has 11 heteroatoms. The standard InChI is InChI=1S/C21H21ClN2O7S/c1-11(25)28-18-10-32-21(20(30-13(3)27)19(18)29-12(2)26)31-17-5-15(7-24-9-17)14-4-16(22)8-23-6-14/h4-9,18-21H,10H2,1-3H3/t18-,19+,20-,21-/m1/s1. The van der Waals surface area contributed by atoms with Crippen LogP contribution in [0.15, 0.2) is 36.9 Å². The summed E-state index contributed by atoms with van der Waals surface area (Å²) in [6, 6.07) is 3.48. The number of thioether (sulfide) groups is 1. The van der Waals surface area contributed by atoms with E-state index in [1.165, 1.54) is 44.9 Å². The summed E-state index contributed by atoms with van der Waals surface area (Å²) < 4.78 is 22.1. The third kappa shape index (κ3) is 6.33. The van der Waals surface area contributed by atoms with Gasteiger partial charge in [-0.05, 0) is 12.1 Å². The monoisotopic (exact) mass is 480 g/mol. The Balaban J connectivity index is 1.87. The Bertz CT molecular complexity index is 1010. The zero-order valence-electron chi connectivity index (χ0n) is 17.5. The smallest absolute Gasteiger partial charge is 0.303 e. The minimum Gasteiger partial charge on any atom is -0.474 e. The molecule has 2 aromatic rings. The van der Waals surface area contributed by atoms with Gasteiger partial charge in [0.15, 0.2) is 23.7 Å². The highest BCUT2D eigenvalue weighted by Gasteiger charge is 2.47. The van der Waals surface area contributed by atoms with E-state index in [2.05, 4.69) is 9.97 Å². The average Bonchev–Trinajstić information content (AvgIpc) is 2.71. The molecule has 0 bridgehead atoms. The molecule has 3 rings (SSSR count). The van der Waals surface area contributed by atoms with Crippen LogP contribution in [0.25, 0.3) is 11.1 Å². The van der Waals surface area contributed by atoms with Crippen LogP contribution in [-0.2, 0) is 28.6 Å². The van der Waals surface area contributed by atoms with Crippen LogP contribution >= 0.6 is 23.4 Å². The van der Waals surface area contributed by atoms with E-state index in [9.17, 15) is 14.4 Å². The van der Waals surface area contributed by atoms with Gasteiger partial charge in [0.1, 0.15) is 5.75 Å². The van der Waals surface area contributed by atoms with Crippen molar-refractivity contribution in [1.82, 2.24) is 9.97 Å². The highest BCUT2D eigenvalue weighted by molar-refractivity contribution is 7.99. The van der Waals surface area contributed by atoms with Crippen molar-refractivity contribution >= 4 is 41.3 Å². The van der Waals surface area contributed by atoms with Crippen molar-refractivity contribution in [2.45, 2.75) is 44.5 Å². The summed E-state index contributed by atoms with van der Waals surface area (Å²) in [6.07, 6.45) is 3.46. The van der Waals surface area contributed by atoms with E-state index in [1.54, 1.807) is 24.5 Å². The molecule has 0 saturated carbocycles. The molecule has 2 aromatic heterocycles. The fraction of sp³-hybridized carbons (Fsp3) is 0.381. The van der Waals surface area contributed by atoms with E-state index >= 15 is 0 Å². The highest BCUT2D eigenvalue weighted by Crippen LogP contribution is 2.35. The molecule has 32 heavy (non-hydrogen) atoms. The van der Waals surface area contributed by atoms with Crippen LogP contribution in [0.5, 0.6) is 5.75 Å². The summed E-state index contributed by atoms with van der Waals surface area (Å²) in [5.41, 5.74) is 0.720. The van der Waals surface area contributed by atoms with Gasteiger partial charge in [0.2, 0.25) is 0 Å². The zero-order chi connectivity index (χ0) is 23.3. The summed E-state index contributed by atoms with van der Waals surface area (Å²) in [7, 11) is 0. The van der Waals surface area contributed by atoms with Gasteiger partial charge in [-0.15, -0.1) is 11.8 Å². The first-order valence-corrected chi connectivity index (χ1v) is 11.0. The number of ether oxygens (including phenoxy) is 4. The second kappa shape index (κ2) is 10.6. The number of pyridine rings is 2. The summed E-state index contributed by atoms with van der Waals surface area (Å²) in [5.74, 6) is -1.08. The van der Waals surface area contributed by atoms with Gasteiger partial charge >= 0.3 is 17.9 Å². The fourth-order valence-corrected chi connectivity index (χ4v) is 4.55. The van der Waals surface area contributed by atoms with Gasteiger partial charge in [0.05, 0.1) is 11.2 Å². The summed E-state index contributed by atoms with van der Waals surface area (Å²) in [4.78, 5) is 43.2. The summed E-state index contributed by atoms with van der Waals surface area (Å²) in [6.45, 7) is 3.71. The first-order valence-electron chi connectivity index (χ1n) is 9.59.